The predicted molar refractivity (Wildman–Crippen MR) is 75.6 cm³/mol. The summed E-state index contributed by atoms with van der Waals surface area (Å²) in [5.74, 6) is 2.37. The highest BCUT2D eigenvalue weighted by Crippen LogP contribution is 2.40. The molecule has 3 fully saturated rings. The summed E-state index contributed by atoms with van der Waals surface area (Å²) in [6, 6.07) is 1.52. The fourth-order valence-electron chi connectivity index (χ4n) is 3.37. The molecule has 3 rings (SSSR count). The molecule has 2 saturated heterocycles. The number of rotatable bonds is 3. The molecule has 0 aromatic carbocycles. The lowest BCUT2D eigenvalue weighted by atomic mass is 10.0. The van der Waals surface area contributed by atoms with E-state index in [1.165, 1.54) is 51.1 Å². The number of thioether (sulfide) groups is 1. The van der Waals surface area contributed by atoms with Crippen molar-refractivity contribution in [2.45, 2.75) is 56.4 Å². The van der Waals surface area contributed by atoms with Crippen LogP contribution in [0.15, 0.2) is 0 Å². The van der Waals surface area contributed by atoms with E-state index in [-0.39, 0.29) is 0 Å². The molecular weight excluding hydrogens is 228 g/mol. The Labute approximate surface area is 110 Å². The number of nitrogens with one attached hydrogen (secondary N) is 1. The summed E-state index contributed by atoms with van der Waals surface area (Å²) in [7, 11) is 0. The first-order valence-corrected chi connectivity index (χ1v) is 8.26. The summed E-state index contributed by atoms with van der Waals surface area (Å²) in [4.78, 5) is 2.76. The van der Waals surface area contributed by atoms with Crippen LogP contribution in [-0.2, 0) is 0 Å². The Morgan fingerprint density at radius 1 is 1.41 bits per heavy atom. The monoisotopic (exact) mass is 254 g/mol. The Kier molecular flexibility index (Phi) is 3.44. The molecule has 0 amide bonds. The van der Waals surface area contributed by atoms with Gasteiger partial charge in [-0.3, -0.25) is 4.90 Å². The molecule has 0 aromatic heterocycles. The minimum absolute atomic E-state index is 0.541. The normalized spacial score (nSPS) is 44.1. The molecule has 1 N–H and O–H groups in total. The Bertz CT molecular complexity index is 271. The lowest BCUT2D eigenvalue weighted by molar-refractivity contribution is 0.121. The van der Waals surface area contributed by atoms with Gasteiger partial charge in [-0.2, -0.15) is 11.8 Å². The van der Waals surface area contributed by atoms with Crippen molar-refractivity contribution < 1.29 is 0 Å². The van der Waals surface area contributed by atoms with Gasteiger partial charge < -0.3 is 5.32 Å². The van der Waals surface area contributed by atoms with Crippen LogP contribution in [0.25, 0.3) is 0 Å². The molecule has 2 nitrogen and oxygen atoms in total. The molecule has 3 unspecified atom stereocenters. The van der Waals surface area contributed by atoms with Gasteiger partial charge in [0.2, 0.25) is 0 Å². The van der Waals surface area contributed by atoms with Gasteiger partial charge in [0.1, 0.15) is 0 Å². The van der Waals surface area contributed by atoms with Gasteiger partial charge in [0, 0.05) is 36.5 Å². The number of nitrogens with zero attached hydrogens (tertiary/aromatic N) is 1. The van der Waals surface area contributed by atoms with Crippen LogP contribution in [0, 0.1) is 5.92 Å². The van der Waals surface area contributed by atoms with Crippen molar-refractivity contribution in [1.29, 1.82) is 0 Å². The molecule has 3 atom stereocenters. The summed E-state index contributed by atoms with van der Waals surface area (Å²) in [6.45, 7) is 8.66. The SMILES string of the molecule is CC1CNC(C2CC2)CN1CC1(C)CCCS1. The molecule has 0 bridgehead atoms. The Hall–Kier alpha value is 0.270. The van der Waals surface area contributed by atoms with Gasteiger partial charge in [-0.15, -0.1) is 0 Å². The van der Waals surface area contributed by atoms with E-state index in [9.17, 15) is 0 Å². The van der Waals surface area contributed by atoms with E-state index in [1.807, 2.05) is 0 Å². The van der Waals surface area contributed by atoms with E-state index in [1.54, 1.807) is 0 Å². The largest absolute Gasteiger partial charge is 0.311 e. The second-order valence-electron chi connectivity index (χ2n) is 6.53. The van der Waals surface area contributed by atoms with E-state index in [0.29, 0.717) is 4.75 Å². The average Bonchev–Trinajstić information content (AvgIpc) is 3.06. The smallest absolute Gasteiger partial charge is 0.0259 e. The van der Waals surface area contributed by atoms with Crippen LogP contribution in [0.2, 0.25) is 0 Å². The van der Waals surface area contributed by atoms with Crippen LogP contribution < -0.4 is 5.32 Å². The van der Waals surface area contributed by atoms with Crippen LogP contribution in [0.1, 0.15) is 39.5 Å². The highest BCUT2D eigenvalue weighted by Gasteiger charge is 2.39. The third-order valence-corrected chi connectivity index (χ3v) is 6.28. The highest BCUT2D eigenvalue weighted by molar-refractivity contribution is 8.00. The summed E-state index contributed by atoms with van der Waals surface area (Å²) < 4.78 is 0.541. The van der Waals surface area contributed by atoms with Crippen LogP contribution in [0.5, 0.6) is 0 Å². The maximum absolute atomic E-state index is 3.75. The van der Waals surface area contributed by atoms with Crippen molar-refractivity contribution in [1.82, 2.24) is 10.2 Å². The first kappa shape index (κ1) is 12.3. The molecule has 1 aliphatic carbocycles. The lowest BCUT2D eigenvalue weighted by Gasteiger charge is -2.42. The zero-order valence-electron chi connectivity index (χ0n) is 11.2. The van der Waals surface area contributed by atoms with Crippen LogP contribution in [0.3, 0.4) is 0 Å². The van der Waals surface area contributed by atoms with Crippen LogP contribution in [0.4, 0.5) is 0 Å². The van der Waals surface area contributed by atoms with Gasteiger partial charge in [-0.05, 0) is 51.2 Å². The van der Waals surface area contributed by atoms with Gasteiger partial charge in [-0.1, -0.05) is 0 Å². The second-order valence-corrected chi connectivity index (χ2v) is 8.22. The van der Waals surface area contributed by atoms with E-state index < -0.39 is 0 Å². The van der Waals surface area contributed by atoms with Crippen LogP contribution >= 0.6 is 11.8 Å². The van der Waals surface area contributed by atoms with Gasteiger partial charge in [0.05, 0.1) is 0 Å². The number of piperazine rings is 1. The molecular formula is C14H26N2S. The lowest BCUT2D eigenvalue weighted by Crippen LogP contribution is -2.58. The maximum atomic E-state index is 3.75. The first-order valence-electron chi connectivity index (χ1n) is 7.28. The highest BCUT2D eigenvalue weighted by atomic mass is 32.2. The maximum Gasteiger partial charge on any atom is 0.0259 e. The summed E-state index contributed by atoms with van der Waals surface area (Å²) in [5.41, 5.74) is 0. The molecule has 0 aromatic rings. The molecule has 17 heavy (non-hydrogen) atoms. The van der Waals surface area contributed by atoms with Gasteiger partial charge in [0.15, 0.2) is 0 Å². The van der Waals surface area contributed by atoms with Gasteiger partial charge in [-0.25, -0.2) is 0 Å². The van der Waals surface area contributed by atoms with Crippen molar-refractivity contribution in [3.8, 4) is 0 Å². The fraction of sp³-hybridized carbons (Fsp3) is 1.00. The van der Waals surface area contributed by atoms with Gasteiger partial charge >= 0.3 is 0 Å². The Morgan fingerprint density at radius 2 is 2.24 bits per heavy atom. The molecule has 0 radical (unpaired) electrons. The van der Waals surface area contributed by atoms with Crippen molar-refractivity contribution >= 4 is 11.8 Å². The summed E-state index contributed by atoms with van der Waals surface area (Å²) >= 11 is 2.20. The molecule has 0 spiro atoms. The topological polar surface area (TPSA) is 15.3 Å². The van der Waals surface area contributed by atoms with Crippen molar-refractivity contribution in [2.24, 2.45) is 5.92 Å². The number of hydrogen-bond acceptors (Lipinski definition) is 3. The quantitative estimate of drug-likeness (QED) is 0.832. The second kappa shape index (κ2) is 4.75. The molecule has 98 valence electrons. The Morgan fingerprint density at radius 3 is 2.88 bits per heavy atom. The summed E-state index contributed by atoms with van der Waals surface area (Å²) in [5, 5.41) is 3.75. The standard InChI is InChI=1S/C14H26N2S/c1-11-8-15-13(12-4-5-12)9-16(11)10-14(2)6-3-7-17-14/h11-13,15H,3-10H2,1-2H3. The molecule has 3 aliphatic rings. The minimum atomic E-state index is 0.541. The van der Waals surface area contributed by atoms with Gasteiger partial charge in [0.25, 0.3) is 0 Å². The Balaban J connectivity index is 1.59. The van der Waals surface area contributed by atoms with Crippen LogP contribution in [-0.4, -0.2) is 47.1 Å². The van der Waals surface area contributed by atoms with E-state index in [4.69, 9.17) is 0 Å². The fourth-order valence-corrected chi connectivity index (χ4v) is 4.70. The average molecular weight is 254 g/mol. The molecule has 3 heteroatoms. The zero-order valence-corrected chi connectivity index (χ0v) is 12.1. The molecule has 2 heterocycles. The summed E-state index contributed by atoms with van der Waals surface area (Å²) in [6.07, 6.45) is 5.77. The van der Waals surface area contributed by atoms with Crippen molar-refractivity contribution in [3.05, 3.63) is 0 Å². The number of hydrogen-bond donors (Lipinski definition) is 1. The van der Waals surface area contributed by atoms with Crippen molar-refractivity contribution in [2.75, 3.05) is 25.4 Å². The van der Waals surface area contributed by atoms with E-state index >= 15 is 0 Å². The third-order valence-electron chi connectivity index (χ3n) is 4.76. The predicted octanol–water partition coefficient (Wildman–Crippen LogP) is 2.34. The minimum Gasteiger partial charge on any atom is -0.311 e. The zero-order chi connectivity index (χ0) is 11.9. The third kappa shape index (κ3) is 2.82. The first-order chi connectivity index (χ1) is 8.16. The van der Waals surface area contributed by atoms with Crippen molar-refractivity contribution in [3.63, 3.8) is 0 Å². The van der Waals surface area contributed by atoms with E-state index in [2.05, 4.69) is 35.8 Å². The molecule has 1 saturated carbocycles. The van der Waals surface area contributed by atoms with E-state index in [0.717, 1.165) is 18.0 Å². The molecule has 2 aliphatic heterocycles.